The lowest BCUT2D eigenvalue weighted by Crippen LogP contribution is -2.65. The highest BCUT2D eigenvalue weighted by Crippen LogP contribution is 2.40. The van der Waals surface area contributed by atoms with Crippen LogP contribution in [0.4, 0.5) is 30.7 Å². The first-order valence-electron chi connectivity index (χ1n) is 36.0. The number of carbonyl (C=O) groups excluding carboxylic acids is 12. The van der Waals surface area contributed by atoms with Crippen LogP contribution in [0.15, 0.2) is 12.1 Å². The summed E-state index contributed by atoms with van der Waals surface area (Å²) in [7, 11) is 9.29. The largest absolute Gasteiger partial charge is 0.422 e. The van der Waals surface area contributed by atoms with E-state index in [2.05, 4.69) is 16.0 Å². The number of aryl methyl sites for hydroxylation is 1. The number of amides is 12. The van der Waals surface area contributed by atoms with Crippen molar-refractivity contribution in [1.82, 2.24) is 60.0 Å². The van der Waals surface area contributed by atoms with Crippen LogP contribution in [0.3, 0.4) is 0 Å². The van der Waals surface area contributed by atoms with Gasteiger partial charge in [0, 0.05) is 68.8 Å². The SMILES string of the molecule is CC[C@H](C)[C@@H]1NC(=O)[C@H](CC(C)C)N(C)C(=O)C[C@@H](C(=O)N2CCCC2)N(C)C(=O)[C@H](C2CCCC2)N(C)C(=O)C2(CCCC2)NC(=O)C2CC(F)(F)CN2C(=O)[C@H](CCc2cc(F)c(C(F)(F)F)c(F)c2)NC(=O)CN(C)C(=O)[C@H](CC2CCCCC2)N(C)C(=O)CN(C)C(=O)CN(C)C1=O. The van der Waals surface area contributed by atoms with Gasteiger partial charge in [-0.2, -0.15) is 13.2 Å². The maximum Gasteiger partial charge on any atom is 0.422 e. The van der Waals surface area contributed by atoms with Crippen LogP contribution in [0.2, 0.25) is 0 Å². The lowest BCUT2D eigenvalue weighted by Gasteiger charge is -2.42. The Hall–Kier alpha value is -7.63. The minimum absolute atomic E-state index is 0.0707. The molecule has 6 fully saturated rings. The number of rotatable bonds is 11. The van der Waals surface area contributed by atoms with Crippen molar-refractivity contribution in [3.63, 3.8) is 0 Å². The molecule has 1 spiro atoms. The number of halogens is 7. The molecule has 3 aliphatic carbocycles. The van der Waals surface area contributed by atoms with Gasteiger partial charge in [-0.15, -0.1) is 0 Å². The molecule has 570 valence electrons. The summed E-state index contributed by atoms with van der Waals surface area (Å²) in [5, 5.41) is 7.98. The van der Waals surface area contributed by atoms with E-state index in [4.69, 9.17) is 0 Å². The molecule has 1 aromatic carbocycles. The van der Waals surface area contributed by atoms with Crippen molar-refractivity contribution in [3.05, 3.63) is 34.9 Å². The number of alkyl halides is 5. The highest BCUT2D eigenvalue weighted by molar-refractivity contribution is 6.01. The smallest absolute Gasteiger partial charge is 0.343 e. The number of fused-ring (bicyclic) bond motifs is 1. The van der Waals surface area contributed by atoms with Gasteiger partial charge in [0.1, 0.15) is 65.0 Å². The lowest BCUT2D eigenvalue weighted by molar-refractivity contribution is -0.156. The Morgan fingerprint density at radius 3 is 1.77 bits per heavy atom. The molecule has 3 saturated carbocycles. The second kappa shape index (κ2) is 34.8. The molecular weight excluding hydrogens is 1350 g/mol. The van der Waals surface area contributed by atoms with Crippen molar-refractivity contribution >= 4 is 70.9 Å². The monoisotopic (exact) mass is 1450 g/mol. The Labute approximate surface area is 593 Å². The highest BCUT2D eigenvalue weighted by Gasteiger charge is 2.55. The zero-order valence-corrected chi connectivity index (χ0v) is 60.9. The standard InChI is InChI=1S/C71H105F7N12O12/c1-12-43(4)59-66(100)84(7)39-56(93)82(5)40-57(94)86(9)51(35-44-22-14-13-15-23-44)64(98)83(6)38-54(91)79-49(27-26-45-33-47(72)58(48(73)34-45)71(76,77)78)63(97)90-41-70(74,75)37-53(90)62(96)81-69(28-18-19-29-69)68(102)88(11)60(46-24-16-17-25-46)67(101)87(10)52(65(99)89-30-20-21-31-89)36-55(92)85(8)50(32-42(2)3)61(95)80-59/h33-34,42-44,46,49-53,59-60H,12-32,35-41H2,1-11H3,(H,79,91)(H,80,95)(H,81,96)/t43-,49-,50-,51-,52-,53?,59-,60-/m0/s1. The number of likely N-dealkylation sites (N-methyl/N-ethyl adjacent to an activating group) is 7. The Bertz CT molecular complexity index is 3220. The summed E-state index contributed by atoms with van der Waals surface area (Å²) in [6.07, 6.45) is -0.475. The number of nitrogens with one attached hydrogen (secondary N) is 3. The van der Waals surface area contributed by atoms with E-state index in [0.29, 0.717) is 101 Å². The molecule has 24 nitrogen and oxygen atoms in total. The van der Waals surface area contributed by atoms with Gasteiger partial charge in [-0.05, 0) is 106 Å². The average Bonchev–Trinajstić information content (AvgIpc) is 1.60. The lowest BCUT2D eigenvalue weighted by atomic mass is 9.84. The molecule has 3 N–H and O–H groups in total. The average molecular weight is 1450 g/mol. The van der Waals surface area contributed by atoms with Crippen LogP contribution < -0.4 is 16.0 Å². The molecule has 102 heavy (non-hydrogen) atoms. The first-order valence-corrected chi connectivity index (χ1v) is 36.0. The third kappa shape index (κ3) is 19.8. The molecule has 1 unspecified atom stereocenters. The van der Waals surface area contributed by atoms with Gasteiger partial charge in [0.05, 0.1) is 32.6 Å². The maximum atomic E-state index is 16.1. The summed E-state index contributed by atoms with van der Waals surface area (Å²) in [5.74, 6) is -19.4. The van der Waals surface area contributed by atoms with E-state index >= 15 is 36.7 Å². The van der Waals surface area contributed by atoms with Gasteiger partial charge in [0.25, 0.3) is 5.92 Å². The van der Waals surface area contributed by atoms with Gasteiger partial charge in [-0.1, -0.05) is 91.9 Å². The van der Waals surface area contributed by atoms with Crippen molar-refractivity contribution in [2.24, 2.45) is 23.7 Å². The van der Waals surface area contributed by atoms with Crippen molar-refractivity contribution in [2.45, 2.75) is 229 Å². The summed E-state index contributed by atoms with van der Waals surface area (Å²) in [5.41, 5.74) is -4.55. The Morgan fingerprint density at radius 1 is 0.627 bits per heavy atom. The molecule has 0 radical (unpaired) electrons. The van der Waals surface area contributed by atoms with Crippen molar-refractivity contribution in [2.75, 3.05) is 88.6 Å². The van der Waals surface area contributed by atoms with Crippen LogP contribution in [0.5, 0.6) is 0 Å². The van der Waals surface area contributed by atoms with Gasteiger partial charge >= 0.3 is 6.18 Å². The second-order valence-electron chi connectivity index (χ2n) is 29.9. The Kier molecular flexibility index (Phi) is 27.8. The fourth-order valence-electron chi connectivity index (χ4n) is 15.6. The molecule has 31 heteroatoms. The van der Waals surface area contributed by atoms with Gasteiger partial charge in [-0.3, -0.25) is 57.5 Å². The fourth-order valence-corrected chi connectivity index (χ4v) is 15.6. The molecule has 3 heterocycles. The zero-order valence-electron chi connectivity index (χ0n) is 60.9. The fraction of sp³-hybridized carbons (Fsp3) is 0.746. The van der Waals surface area contributed by atoms with Crippen molar-refractivity contribution < 1.29 is 88.3 Å². The van der Waals surface area contributed by atoms with E-state index in [0.717, 1.165) is 43.8 Å². The predicted molar refractivity (Wildman–Crippen MR) is 360 cm³/mol. The van der Waals surface area contributed by atoms with Crippen molar-refractivity contribution in [3.8, 4) is 0 Å². The van der Waals surface area contributed by atoms with Gasteiger partial charge in [0.15, 0.2) is 0 Å². The first-order chi connectivity index (χ1) is 47.8. The van der Waals surface area contributed by atoms with Crippen LogP contribution in [-0.2, 0) is 70.1 Å². The normalized spacial score (nSPS) is 27.0. The van der Waals surface area contributed by atoms with Gasteiger partial charge in [-0.25, -0.2) is 17.6 Å². The Morgan fingerprint density at radius 2 is 1.20 bits per heavy atom. The third-order valence-electron chi connectivity index (χ3n) is 21.9. The zero-order chi connectivity index (χ0) is 75.6. The molecule has 3 saturated heterocycles. The molecule has 1 aromatic rings. The molecule has 0 bridgehead atoms. The van der Waals surface area contributed by atoms with Crippen LogP contribution in [0, 0.1) is 35.3 Å². The van der Waals surface area contributed by atoms with E-state index in [-0.39, 0.29) is 37.5 Å². The molecule has 8 atom stereocenters. The molecule has 7 rings (SSSR count). The minimum atomic E-state index is -5.46. The van der Waals surface area contributed by atoms with Crippen LogP contribution >= 0.6 is 0 Å². The molecule has 3 aliphatic heterocycles. The number of benzene rings is 1. The summed E-state index contributed by atoms with van der Waals surface area (Å²) < 4.78 is 104. The second-order valence-corrected chi connectivity index (χ2v) is 29.9. The number of likely N-dealkylation sites (tertiary alicyclic amines) is 1. The molecular formula is C71H105F7N12O12. The van der Waals surface area contributed by atoms with E-state index in [1.807, 2.05) is 13.8 Å². The Balaban J connectivity index is 1.31. The molecule has 12 amide bonds. The van der Waals surface area contributed by atoms with E-state index in [1.165, 1.54) is 64.0 Å². The number of nitrogens with zero attached hydrogens (tertiary/aromatic N) is 9. The van der Waals surface area contributed by atoms with Crippen LogP contribution in [0.25, 0.3) is 0 Å². The minimum Gasteiger partial charge on any atom is -0.343 e. The molecule has 6 aliphatic rings. The summed E-state index contributed by atoms with van der Waals surface area (Å²) >= 11 is 0. The maximum absolute atomic E-state index is 16.1. The van der Waals surface area contributed by atoms with E-state index in [9.17, 15) is 51.5 Å². The summed E-state index contributed by atoms with van der Waals surface area (Å²) in [4.78, 5) is 188. The van der Waals surface area contributed by atoms with E-state index < -0.39 is 217 Å². The van der Waals surface area contributed by atoms with Gasteiger partial charge in [0.2, 0.25) is 70.9 Å². The van der Waals surface area contributed by atoms with Crippen LogP contribution in [0.1, 0.15) is 174 Å². The number of carbonyl (C=O) groups is 12. The van der Waals surface area contributed by atoms with Gasteiger partial charge < -0.3 is 60.0 Å². The molecule has 0 aromatic heterocycles. The third-order valence-corrected chi connectivity index (χ3v) is 21.9. The van der Waals surface area contributed by atoms with E-state index in [1.54, 1.807) is 13.8 Å². The summed E-state index contributed by atoms with van der Waals surface area (Å²) in [6.45, 7) is 4.25. The van der Waals surface area contributed by atoms with Crippen LogP contribution in [-0.4, -0.2) is 257 Å². The number of hydrogen-bond donors (Lipinski definition) is 3. The van der Waals surface area contributed by atoms with Crippen molar-refractivity contribution in [1.29, 1.82) is 0 Å². The summed E-state index contributed by atoms with van der Waals surface area (Å²) in [6, 6.07) is -9.96. The topological polar surface area (TPSA) is 270 Å². The predicted octanol–water partition coefficient (Wildman–Crippen LogP) is 5.51. The quantitative estimate of drug-likeness (QED) is 0.232. The first kappa shape index (κ1) is 81.7. The number of hydrogen-bond acceptors (Lipinski definition) is 12. The highest BCUT2D eigenvalue weighted by atomic mass is 19.4.